The summed E-state index contributed by atoms with van der Waals surface area (Å²) in [4.78, 5) is 1.28. The Hall–Kier alpha value is -0.470. The zero-order valence-corrected chi connectivity index (χ0v) is 8.60. The van der Waals surface area contributed by atoms with Crippen molar-refractivity contribution in [2.75, 3.05) is 6.61 Å². The lowest BCUT2D eigenvalue weighted by Crippen LogP contribution is -2.07. The van der Waals surface area contributed by atoms with Gasteiger partial charge in [0.2, 0.25) is 0 Å². The fraction of sp³-hybridized carbons (Fsp3) is 0.455. The van der Waals surface area contributed by atoms with Crippen molar-refractivity contribution in [3.8, 4) is 0 Å². The summed E-state index contributed by atoms with van der Waals surface area (Å²) in [6.45, 7) is 2.41. The molecule has 1 aliphatic carbocycles. The second kappa shape index (κ2) is 3.35. The van der Waals surface area contributed by atoms with Crippen LogP contribution in [0.4, 0.5) is 0 Å². The van der Waals surface area contributed by atoms with E-state index in [0.717, 1.165) is 12.8 Å². The molecular weight excluding hydrogens is 180 g/mol. The van der Waals surface area contributed by atoms with Gasteiger partial charge in [-0.05, 0) is 31.9 Å². The first-order chi connectivity index (χ1) is 6.24. The van der Waals surface area contributed by atoms with E-state index in [1.165, 1.54) is 10.5 Å². The lowest BCUT2D eigenvalue weighted by atomic mass is 10.2. The van der Waals surface area contributed by atoms with Gasteiger partial charge >= 0.3 is 0 Å². The van der Waals surface area contributed by atoms with Crippen LogP contribution in [0.15, 0.2) is 29.2 Å². The molecule has 1 fully saturated rings. The Bertz CT molecular complexity index is 305. The first-order valence-corrected chi connectivity index (χ1v) is 5.42. The molecule has 1 N–H and O–H groups in total. The van der Waals surface area contributed by atoms with Crippen LogP contribution in [0.5, 0.6) is 0 Å². The Balaban J connectivity index is 2.09. The topological polar surface area (TPSA) is 20.2 Å². The minimum atomic E-state index is 0.161. The largest absolute Gasteiger partial charge is 0.395 e. The number of hydrogen-bond donors (Lipinski definition) is 1. The molecule has 0 aliphatic heterocycles. The highest BCUT2D eigenvalue weighted by atomic mass is 32.2. The summed E-state index contributed by atoms with van der Waals surface area (Å²) < 4.78 is 0.161. The van der Waals surface area contributed by atoms with E-state index in [0.29, 0.717) is 6.61 Å². The quantitative estimate of drug-likeness (QED) is 0.798. The van der Waals surface area contributed by atoms with Crippen molar-refractivity contribution in [2.45, 2.75) is 29.4 Å². The van der Waals surface area contributed by atoms with Gasteiger partial charge in [0, 0.05) is 9.64 Å². The molecule has 1 aliphatic rings. The molecule has 0 heterocycles. The Morgan fingerprint density at radius 3 is 2.77 bits per heavy atom. The van der Waals surface area contributed by atoms with Crippen molar-refractivity contribution in [3.05, 3.63) is 29.8 Å². The average molecular weight is 194 g/mol. The van der Waals surface area contributed by atoms with Crippen LogP contribution in [0, 0.1) is 6.92 Å². The van der Waals surface area contributed by atoms with Gasteiger partial charge in [-0.3, -0.25) is 0 Å². The van der Waals surface area contributed by atoms with Crippen LogP contribution in [0.3, 0.4) is 0 Å². The van der Waals surface area contributed by atoms with Crippen LogP contribution in [0.2, 0.25) is 0 Å². The number of aryl methyl sites for hydroxylation is 1. The standard InChI is InChI=1S/C11H14OS/c1-9-3-2-4-10(7-9)13-11(8-12)5-6-11/h2-4,7,12H,5-6,8H2,1H3. The minimum absolute atomic E-state index is 0.161. The summed E-state index contributed by atoms with van der Waals surface area (Å²) in [5.41, 5.74) is 1.29. The van der Waals surface area contributed by atoms with E-state index in [4.69, 9.17) is 5.11 Å². The van der Waals surface area contributed by atoms with Crippen LogP contribution in [-0.2, 0) is 0 Å². The van der Waals surface area contributed by atoms with Gasteiger partial charge in [0.1, 0.15) is 0 Å². The predicted molar refractivity (Wildman–Crippen MR) is 56.1 cm³/mol. The highest BCUT2D eigenvalue weighted by Crippen LogP contribution is 2.51. The summed E-state index contributed by atoms with van der Waals surface area (Å²) in [5, 5.41) is 9.17. The van der Waals surface area contributed by atoms with E-state index in [1.54, 1.807) is 0 Å². The maximum atomic E-state index is 9.17. The summed E-state index contributed by atoms with van der Waals surface area (Å²) in [5.74, 6) is 0. The SMILES string of the molecule is Cc1cccc(SC2(CO)CC2)c1. The van der Waals surface area contributed by atoms with Gasteiger partial charge in [-0.2, -0.15) is 0 Å². The number of thioether (sulfide) groups is 1. The number of aliphatic hydroxyl groups is 1. The third-order valence-corrected chi connectivity index (χ3v) is 3.88. The van der Waals surface area contributed by atoms with Gasteiger partial charge in [-0.25, -0.2) is 0 Å². The molecule has 0 aromatic heterocycles. The second-order valence-corrected chi connectivity index (χ2v) is 5.30. The molecule has 0 saturated heterocycles. The smallest absolute Gasteiger partial charge is 0.0581 e. The first kappa shape index (κ1) is 9.10. The summed E-state index contributed by atoms with van der Waals surface area (Å²) >= 11 is 1.82. The molecule has 0 amide bonds. The van der Waals surface area contributed by atoms with E-state index in [-0.39, 0.29) is 4.75 Å². The van der Waals surface area contributed by atoms with Crippen molar-refractivity contribution >= 4 is 11.8 Å². The van der Waals surface area contributed by atoms with Gasteiger partial charge in [0.25, 0.3) is 0 Å². The van der Waals surface area contributed by atoms with Crippen LogP contribution in [0.1, 0.15) is 18.4 Å². The summed E-state index contributed by atoms with van der Waals surface area (Å²) in [6, 6.07) is 8.47. The van der Waals surface area contributed by atoms with Crippen LogP contribution >= 0.6 is 11.8 Å². The second-order valence-electron chi connectivity index (χ2n) is 3.76. The summed E-state index contributed by atoms with van der Waals surface area (Å²) in [6.07, 6.45) is 2.31. The monoisotopic (exact) mass is 194 g/mol. The van der Waals surface area contributed by atoms with Crippen molar-refractivity contribution in [1.29, 1.82) is 0 Å². The molecule has 1 aromatic carbocycles. The van der Waals surface area contributed by atoms with E-state index < -0.39 is 0 Å². The lowest BCUT2D eigenvalue weighted by molar-refractivity contribution is 0.289. The Labute approximate surface area is 83.2 Å². The minimum Gasteiger partial charge on any atom is -0.395 e. The predicted octanol–water partition coefficient (Wildman–Crippen LogP) is 2.61. The number of benzene rings is 1. The molecule has 1 nitrogen and oxygen atoms in total. The van der Waals surface area contributed by atoms with Crippen LogP contribution in [-0.4, -0.2) is 16.5 Å². The Morgan fingerprint density at radius 2 is 2.23 bits per heavy atom. The zero-order chi connectivity index (χ0) is 9.31. The molecule has 1 aromatic rings. The molecule has 2 rings (SSSR count). The number of hydrogen-bond acceptors (Lipinski definition) is 2. The molecule has 2 heteroatoms. The third kappa shape index (κ3) is 2.06. The van der Waals surface area contributed by atoms with E-state index in [2.05, 4.69) is 31.2 Å². The molecule has 70 valence electrons. The van der Waals surface area contributed by atoms with Crippen molar-refractivity contribution in [1.82, 2.24) is 0 Å². The highest BCUT2D eigenvalue weighted by molar-refractivity contribution is 8.01. The fourth-order valence-corrected chi connectivity index (χ4v) is 2.62. The van der Waals surface area contributed by atoms with E-state index >= 15 is 0 Å². The summed E-state index contributed by atoms with van der Waals surface area (Å²) in [7, 11) is 0. The van der Waals surface area contributed by atoms with Gasteiger partial charge in [-0.1, -0.05) is 17.7 Å². The molecule has 0 unspecified atom stereocenters. The van der Waals surface area contributed by atoms with Crippen molar-refractivity contribution in [3.63, 3.8) is 0 Å². The van der Waals surface area contributed by atoms with E-state index in [9.17, 15) is 0 Å². The molecule has 13 heavy (non-hydrogen) atoms. The molecule has 1 saturated carbocycles. The molecule has 0 spiro atoms. The maximum absolute atomic E-state index is 9.17. The number of rotatable bonds is 3. The van der Waals surface area contributed by atoms with Gasteiger partial charge in [-0.15, -0.1) is 11.8 Å². The average Bonchev–Trinajstić information content (AvgIpc) is 2.86. The van der Waals surface area contributed by atoms with Gasteiger partial charge in [0.05, 0.1) is 6.61 Å². The molecule has 0 radical (unpaired) electrons. The Kier molecular flexibility index (Phi) is 2.35. The van der Waals surface area contributed by atoms with Gasteiger partial charge in [0.15, 0.2) is 0 Å². The maximum Gasteiger partial charge on any atom is 0.0581 e. The van der Waals surface area contributed by atoms with Gasteiger partial charge < -0.3 is 5.11 Å². The zero-order valence-electron chi connectivity index (χ0n) is 7.79. The van der Waals surface area contributed by atoms with Crippen LogP contribution in [0.25, 0.3) is 0 Å². The van der Waals surface area contributed by atoms with Crippen LogP contribution < -0.4 is 0 Å². The lowest BCUT2D eigenvalue weighted by Gasteiger charge is -2.10. The fourth-order valence-electron chi connectivity index (χ4n) is 1.36. The van der Waals surface area contributed by atoms with Crippen molar-refractivity contribution < 1.29 is 5.11 Å². The molecule has 0 atom stereocenters. The first-order valence-electron chi connectivity index (χ1n) is 4.61. The normalized spacial score (nSPS) is 18.6. The van der Waals surface area contributed by atoms with E-state index in [1.807, 2.05) is 11.8 Å². The molecular formula is C11H14OS. The van der Waals surface area contributed by atoms with Crippen molar-refractivity contribution in [2.24, 2.45) is 0 Å². The third-order valence-electron chi connectivity index (χ3n) is 2.42. The Morgan fingerprint density at radius 1 is 1.46 bits per heavy atom. The number of aliphatic hydroxyl groups excluding tert-OH is 1. The molecule has 0 bridgehead atoms. The highest BCUT2D eigenvalue weighted by Gasteiger charge is 2.43.